The van der Waals surface area contributed by atoms with Crippen LogP contribution in [0.15, 0.2) is 64.3 Å². The smallest absolute Gasteiger partial charge is 0.338 e. The summed E-state index contributed by atoms with van der Waals surface area (Å²) in [5.41, 5.74) is 1.13. The lowest BCUT2D eigenvalue weighted by Gasteiger charge is -2.29. The number of rotatable bonds is 5. The summed E-state index contributed by atoms with van der Waals surface area (Å²) in [5.74, 6) is -0.0944. The van der Waals surface area contributed by atoms with E-state index in [1.807, 2.05) is 24.3 Å². The van der Waals surface area contributed by atoms with E-state index in [1.165, 1.54) is 50.4 Å². The highest BCUT2D eigenvalue weighted by Gasteiger charge is 2.28. The van der Waals surface area contributed by atoms with Gasteiger partial charge in [-0.05, 0) is 55.2 Å². The van der Waals surface area contributed by atoms with E-state index in [-0.39, 0.29) is 22.6 Å². The van der Waals surface area contributed by atoms with Gasteiger partial charge in [-0.1, -0.05) is 30.4 Å². The van der Waals surface area contributed by atoms with Crippen LogP contribution in [-0.2, 0) is 21.4 Å². The molecule has 1 saturated heterocycles. The number of carbonyl (C=O) groups is 1. The van der Waals surface area contributed by atoms with Crippen LogP contribution in [0.2, 0.25) is 0 Å². The fourth-order valence-corrected chi connectivity index (χ4v) is 6.58. The Bertz CT molecular complexity index is 1530. The Balaban J connectivity index is 1.29. The number of hydrogen-bond donors (Lipinski definition) is 0. The van der Waals surface area contributed by atoms with Gasteiger partial charge in [0.05, 0.1) is 26.4 Å². The van der Waals surface area contributed by atoms with E-state index in [2.05, 4.69) is 11.9 Å². The molecule has 0 radical (unpaired) electrons. The lowest BCUT2D eigenvalue weighted by Crippen LogP contribution is -2.37. The van der Waals surface area contributed by atoms with Gasteiger partial charge in [0.1, 0.15) is 6.61 Å². The van der Waals surface area contributed by atoms with Crippen molar-refractivity contribution in [1.29, 1.82) is 0 Å². The Morgan fingerprint density at radius 2 is 1.82 bits per heavy atom. The fraction of sp³-hybridized carbons (Fsp3) is 0.292. The molecule has 0 unspecified atom stereocenters. The number of aromatic nitrogens is 2. The van der Waals surface area contributed by atoms with Crippen LogP contribution in [-0.4, -0.2) is 41.2 Å². The number of sulfonamides is 1. The predicted octanol–water partition coefficient (Wildman–Crippen LogP) is 3.69. The van der Waals surface area contributed by atoms with Crippen LogP contribution in [0.3, 0.4) is 0 Å². The van der Waals surface area contributed by atoms with Gasteiger partial charge in [-0.15, -0.1) is 0 Å². The van der Waals surface area contributed by atoms with E-state index in [0.717, 1.165) is 23.1 Å². The highest BCUT2D eigenvalue weighted by molar-refractivity contribution is 7.89. The number of piperidine rings is 1. The zero-order chi connectivity index (χ0) is 23.9. The molecule has 34 heavy (non-hydrogen) atoms. The molecule has 0 spiro atoms. The number of esters is 1. The Labute approximate surface area is 200 Å². The van der Waals surface area contributed by atoms with Crippen molar-refractivity contribution in [3.05, 3.63) is 76.2 Å². The molecule has 0 amide bonds. The van der Waals surface area contributed by atoms with Crippen LogP contribution in [0, 0.1) is 5.92 Å². The average Bonchev–Trinajstić information content (AvgIpc) is 3.22. The number of carbonyl (C=O) groups excluding carboxylic acids is 1. The molecule has 2 aromatic heterocycles. The lowest BCUT2D eigenvalue weighted by atomic mass is 10.0. The molecule has 2 aromatic carbocycles. The molecule has 1 fully saturated rings. The first-order valence-corrected chi connectivity index (χ1v) is 13.3. The van der Waals surface area contributed by atoms with E-state index in [0.29, 0.717) is 29.7 Å². The number of ether oxygens (including phenoxy) is 1. The Morgan fingerprint density at radius 3 is 2.56 bits per heavy atom. The number of benzene rings is 2. The number of nitrogens with zero attached hydrogens (tertiary/aromatic N) is 3. The highest BCUT2D eigenvalue weighted by atomic mass is 32.2. The van der Waals surface area contributed by atoms with Crippen molar-refractivity contribution in [3.8, 4) is 0 Å². The Kier molecular flexibility index (Phi) is 5.97. The third kappa shape index (κ3) is 4.24. The highest BCUT2D eigenvalue weighted by Crippen LogP contribution is 2.25. The SMILES string of the molecule is CC1CCN(S(=O)(=O)c2ccc(C(=O)OCc3cc(=O)n4c(n3)sc3ccccc34)cc2)CC1. The van der Waals surface area contributed by atoms with Gasteiger partial charge in [0.15, 0.2) is 4.96 Å². The van der Waals surface area contributed by atoms with Gasteiger partial charge in [-0.3, -0.25) is 9.20 Å². The minimum Gasteiger partial charge on any atom is -0.456 e. The van der Waals surface area contributed by atoms with Crippen molar-refractivity contribution in [1.82, 2.24) is 13.7 Å². The summed E-state index contributed by atoms with van der Waals surface area (Å²) in [4.78, 5) is 30.3. The molecule has 0 bridgehead atoms. The van der Waals surface area contributed by atoms with E-state index >= 15 is 0 Å². The first kappa shape index (κ1) is 22.7. The van der Waals surface area contributed by atoms with Crippen molar-refractivity contribution < 1.29 is 17.9 Å². The third-order valence-electron chi connectivity index (χ3n) is 6.07. The molecule has 0 atom stereocenters. The monoisotopic (exact) mass is 497 g/mol. The molecule has 0 N–H and O–H groups in total. The molecule has 8 nitrogen and oxygen atoms in total. The van der Waals surface area contributed by atoms with E-state index in [4.69, 9.17) is 4.74 Å². The van der Waals surface area contributed by atoms with Crippen LogP contribution in [0.25, 0.3) is 15.2 Å². The van der Waals surface area contributed by atoms with Crippen molar-refractivity contribution in [2.45, 2.75) is 31.3 Å². The summed E-state index contributed by atoms with van der Waals surface area (Å²) in [7, 11) is -3.58. The van der Waals surface area contributed by atoms with E-state index in [1.54, 1.807) is 0 Å². The van der Waals surface area contributed by atoms with E-state index < -0.39 is 16.0 Å². The second-order valence-electron chi connectivity index (χ2n) is 8.46. The quantitative estimate of drug-likeness (QED) is 0.390. The van der Waals surface area contributed by atoms with Crippen LogP contribution in [0.4, 0.5) is 0 Å². The maximum atomic E-state index is 12.9. The summed E-state index contributed by atoms with van der Waals surface area (Å²) >= 11 is 1.39. The predicted molar refractivity (Wildman–Crippen MR) is 130 cm³/mol. The Hall–Kier alpha value is -3.08. The average molecular weight is 498 g/mol. The molecule has 0 aliphatic carbocycles. The number of thiazole rings is 1. The maximum absolute atomic E-state index is 12.9. The van der Waals surface area contributed by atoms with Crippen molar-refractivity contribution in [2.75, 3.05) is 13.1 Å². The minimum atomic E-state index is -3.58. The van der Waals surface area contributed by atoms with Gasteiger partial charge in [0.25, 0.3) is 5.56 Å². The maximum Gasteiger partial charge on any atom is 0.338 e. The van der Waals surface area contributed by atoms with Gasteiger partial charge in [0.2, 0.25) is 10.0 Å². The summed E-state index contributed by atoms with van der Waals surface area (Å²) in [6, 6.07) is 14.6. The normalized spacial score (nSPS) is 15.7. The molecular weight excluding hydrogens is 474 g/mol. The number of fused-ring (bicyclic) bond motifs is 3. The van der Waals surface area contributed by atoms with Gasteiger partial charge in [0, 0.05) is 19.2 Å². The number of hydrogen-bond acceptors (Lipinski definition) is 7. The lowest BCUT2D eigenvalue weighted by molar-refractivity contribution is 0.0467. The molecular formula is C24H23N3O5S2. The van der Waals surface area contributed by atoms with E-state index in [9.17, 15) is 18.0 Å². The van der Waals surface area contributed by atoms with Crippen molar-refractivity contribution in [3.63, 3.8) is 0 Å². The summed E-state index contributed by atoms with van der Waals surface area (Å²) < 4.78 is 35.0. The zero-order valence-corrected chi connectivity index (χ0v) is 20.1. The summed E-state index contributed by atoms with van der Waals surface area (Å²) in [6.07, 6.45) is 1.68. The van der Waals surface area contributed by atoms with Gasteiger partial charge < -0.3 is 4.74 Å². The van der Waals surface area contributed by atoms with Gasteiger partial charge in [-0.2, -0.15) is 4.31 Å². The van der Waals surface area contributed by atoms with Crippen LogP contribution >= 0.6 is 11.3 Å². The molecule has 5 rings (SSSR count). The molecule has 4 aromatic rings. The molecule has 176 valence electrons. The molecule has 0 saturated carbocycles. The van der Waals surface area contributed by atoms with Gasteiger partial charge >= 0.3 is 5.97 Å². The van der Waals surface area contributed by atoms with Crippen molar-refractivity contribution >= 4 is 42.5 Å². The minimum absolute atomic E-state index is 0.156. The molecule has 10 heteroatoms. The molecule has 1 aliphatic heterocycles. The number of para-hydroxylation sites is 1. The van der Waals surface area contributed by atoms with Crippen LogP contribution < -0.4 is 5.56 Å². The first-order chi connectivity index (χ1) is 16.3. The third-order valence-corrected chi connectivity index (χ3v) is 9.00. The fourth-order valence-electron chi connectivity index (χ4n) is 4.06. The molecule has 1 aliphatic rings. The zero-order valence-electron chi connectivity index (χ0n) is 18.5. The van der Waals surface area contributed by atoms with Gasteiger partial charge in [-0.25, -0.2) is 18.2 Å². The first-order valence-electron chi connectivity index (χ1n) is 11.0. The summed E-state index contributed by atoms with van der Waals surface area (Å²) in [5, 5.41) is 0. The van der Waals surface area contributed by atoms with Crippen molar-refractivity contribution in [2.24, 2.45) is 5.92 Å². The Morgan fingerprint density at radius 1 is 1.12 bits per heavy atom. The van der Waals surface area contributed by atoms with Crippen LogP contribution in [0.5, 0.6) is 0 Å². The van der Waals surface area contributed by atoms with Crippen LogP contribution in [0.1, 0.15) is 35.8 Å². The second-order valence-corrected chi connectivity index (χ2v) is 11.4. The standard InChI is InChI=1S/C24H23N3O5S2/c1-16-10-12-26(13-11-16)34(30,31)19-8-6-17(7-9-19)23(29)32-15-18-14-22(28)27-20-4-2-3-5-21(20)33-24(27)25-18/h2-9,14,16H,10-13,15H2,1H3. The topological polar surface area (TPSA) is 98.0 Å². The second kappa shape index (κ2) is 8.94. The largest absolute Gasteiger partial charge is 0.456 e. The summed E-state index contributed by atoms with van der Waals surface area (Å²) in [6.45, 7) is 2.97. The molecule has 3 heterocycles.